The average molecular weight is 425 g/mol. The Balaban J connectivity index is 1.59. The summed E-state index contributed by atoms with van der Waals surface area (Å²) in [6.07, 6.45) is 0. The number of benzene rings is 3. The highest BCUT2D eigenvalue weighted by Gasteiger charge is 2.18. The predicted molar refractivity (Wildman–Crippen MR) is 115 cm³/mol. The van der Waals surface area contributed by atoms with E-state index in [0.29, 0.717) is 21.3 Å². The van der Waals surface area contributed by atoms with Crippen LogP contribution in [0.1, 0.15) is 15.2 Å². The molecule has 0 unspecified atom stereocenters. The second kappa shape index (κ2) is 7.28. The minimum atomic E-state index is -3.76. The molecular formula is C20H16N4O3S2. The summed E-state index contributed by atoms with van der Waals surface area (Å²) in [6, 6.07) is 19.2. The monoisotopic (exact) mass is 424 g/mol. The first-order valence-corrected chi connectivity index (χ1v) is 10.9. The van der Waals surface area contributed by atoms with E-state index >= 15 is 0 Å². The Hall–Kier alpha value is -3.27. The first-order valence-electron chi connectivity index (χ1n) is 8.51. The van der Waals surface area contributed by atoms with Gasteiger partial charge in [0, 0.05) is 11.3 Å². The zero-order valence-electron chi connectivity index (χ0n) is 15.0. The van der Waals surface area contributed by atoms with Crippen molar-refractivity contribution >= 4 is 54.6 Å². The van der Waals surface area contributed by atoms with Crippen molar-refractivity contribution in [2.24, 2.45) is 5.14 Å². The molecule has 5 N–H and O–H groups in total. The summed E-state index contributed by atoms with van der Waals surface area (Å²) in [4.78, 5) is 17.5. The topological polar surface area (TPSA) is 128 Å². The Kier molecular flexibility index (Phi) is 4.79. The zero-order valence-corrected chi connectivity index (χ0v) is 16.6. The number of nitrogens with one attached hydrogen (secondary N) is 1. The molecule has 7 nitrogen and oxygen atoms in total. The van der Waals surface area contributed by atoms with Crippen LogP contribution in [0.5, 0.6) is 0 Å². The van der Waals surface area contributed by atoms with E-state index in [1.807, 2.05) is 36.4 Å². The van der Waals surface area contributed by atoms with Gasteiger partial charge in [0.15, 0.2) is 5.13 Å². The van der Waals surface area contributed by atoms with E-state index in [1.54, 1.807) is 18.2 Å². The molecule has 1 aromatic heterocycles. The van der Waals surface area contributed by atoms with Gasteiger partial charge >= 0.3 is 0 Å². The van der Waals surface area contributed by atoms with Crippen LogP contribution in [0.25, 0.3) is 10.8 Å². The number of nitrogen functional groups attached to an aromatic ring is 1. The molecule has 4 aromatic rings. The molecule has 3 aromatic carbocycles. The van der Waals surface area contributed by atoms with E-state index in [9.17, 15) is 13.2 Å². The van der Waals surface area contributed by atoms with E-state index < -0.39 is 10.0 Å². The summed E-state index contributed by atoms with van der Waals surface area (Å²) >= 11 is 1.13. The Morgan fingerprint density at radius 1 is 0.966 bits per heavy atom. The van der Waals surface area contributed by atoms with Crippen LogP contribution in [-0.4, -0.2) is 19.2 Å². The van der Waals surface area contributed by atoms with Gasteiger partial charge in [0.05, 0.1) is 4.90 Å². The summed E-state index contributed by atoms with van der Waals surface area (Å²) in [6.45, 7) is 0. The minimum Gasteiger partial charge on any atom is -0.382 e. The number of fused-ring (bicyclic) bond motifs is 1. The quantitative estimate of drug-likeness (QED) is 0.421. The number of hydrogen-bond acceptors (Lipinski definition) is 7. The standard InChI is InChI=1S/C20H16N4O3S2/c21-19-18(17(25)14-6-5-12-3-1-2-4-13(12)11-14)28-20(24-19)23-15-7-9-16(10-8-15)29(22,26)27/h1-11H,21H2,(H,23,24)(H2,22,26,27). The van der Waals surface area contributed by atoms with Crippen molar-refractivity contribution in [3.8, 4) is 0 Å². The molecular weight excluding hydrogens is 408 g/mol. The Labute approximate surface area is 171 Å². The van der Waals surface area contributed by atoms with E-state index in [1.165, 1.54) is 12.1 Å². The number of rotatable bonds is 5. The van der Waals surface area contributed by atoms with Crippen LogP contribution >= 0.6 is 11.3 Å². The van der Waals surface area contributed by atoms with Crippen molar-refractivity contribution in [1.29, 1.82) is 0 Å². The second-order valence-corrected chi connectivity index (χ2v) is 8.88. The van der Waals surface area contributed by atoms with Gasteiger partial charge in [0.2, 0.25) is 15.8 Å². The first-order chi connectivity index (χ1) is 13.8. The van der Waals surface area contributed by atoms with Gasteiger partial charge < -0.3 is 11.1 Å². The average Bonchev–Trinajstić information content (AvgIpc) is 3.06. The second-order valence-electron chi connectivity index (χ2n) is 6.32. The molecule has 0 fully saturated rings. The van der Waals surface area contributed by atoms with Crippen LogP contribution in [0, 0.1) is 0 Å². The number of carbonyl (C=O) groups is 1. The lowest BCUT2D eigenvalue weighted by Gasteiger charge is -2.03. The van der Waals surface area contributed by atoms with Crippen molar-refractivity contribution in [1.82, 2.24) is 4.98 Å². The van der Waals surface area contributed by atoms with Gasteiger partial charge in [-0.3, -0.25) is 4.79 Å². The number of sulfonamides is 1. The van der Waals surface area contributed by atoms with Crippen molar-refractivity contribution in [3.63, 3.8) is 0 Å². The van der Waals surface area contributed by atoms with Crippen LogP contribution in [0.15, 0.2) is 71.6 Å². The fourth-order valence-electron chi connectivity index (χ4n) is 2.86. The highest BCUT2D eigenvalue weighted by atomic mass is 32.2. The van der Waals surface area contributed by atoms with Crippen molar-refractivity contribution < 1.29 is 13.2 Å². The molecule has 0 atom stereocenters. The molecule has 9 heteroatoms. The molecule has 0 aliphatic carbocycles. The zero-order chi connectivity index (χ0) is 20.6. The number of primary sulfonamides is 1. The smallest absolute Gasteiger partial charge is 0.238 e. The van der Waals surface area contributed by atoms with Crippen LogP contribution in [0.3, 0.4) is 0 Å². The van der Waals surface area contributed by atoms with Gasteiger partial charge in [-0.1, -0.05) is 47.7 Å². The fraction of sp³-hybridized carbons (Fsp3) is 0. The van der Waals surface area contributed by atoms with Gasteiger partial charge in [-0.15, -0.1) is 0 Å². The molecule has 0 bridgehead atoms. The predicted octanol–water partition coefficient (Wildman–Crippen LogP) is 3.50. The summed E-state index contributed by atoms with van der Waals surface area (Å²) in [5, 5.41) is 10.6. The molecule has 0 radical (unpaired) electrons. The van der Waals surface area contributed by atoms with E-state index in [4.69, 9.17) is 10.9 Å². The number of thiazole rings is 1. The molecule has 0 spiro atoms. The molecule has 1 heterocycles. The lowest BCUT2D eigenvalue weighted by molar-refractivity contribution is 0.104. The van der Waals surface area contributed by atoms with Crippen LogP contribution in [0.4, 0.5) is 16.6 Å². The van der Waals surface area contributed by atoms with Gasteiger partial charge in [-0.05, 0) is 41.1 Å². The Morgan fingerprint density at radius 2 is 1.66 bits per heavy atom. The lowest BCUT2D eigenvalue weighted by Crippen LogP contribution is -2.11. The van der Waals surface area contributed by atoms with E-state index in [0.717, 1.165) is 22.1 Å². The normalized spacial score (nSPS) is 11.5. The number of ketones is 1. The molecule has 0 saturated carbocycles. The first kappa shape index (κ1) is 19.1. The molecule has 0 aliphatic heterocycles. The van der Waals surface area contributed by atoms with E-state index in [2.05, 4.69) is 10.3 Å². The molecule has 0 amide bonds. The van der Waals surface area contributed by atoms with Crippen molar-refractivity contribution in [2.75, 3.05) is 11.1 Å². The summed E-state index contributed by atoms with van der Waals surface area (Å²) in [7, 11) is -3.76. The lowest BCUT2D eigenvalue weighted by atomic mass is 10.0. The maximum atomic E-state index is 12.9. The van der Waals surface area contributed by atoms with E-state index in [-0.39, 0.29) is 16.5 Å². The largest absolute Gasteiger partial charge is 0.382 e. The number of hydrogen-bond donors (Lipinski definition) is 3. The molecule has 146 valence electrons. The summed E-state index contributed by atoms with van der Waals surface area (Å²) in [5.41, 5.74) is 7.09. The maximum absolute atomic E-state index is 12.9. The number of nitrogens with zero attached hydrogens (tertiary/aromatic N) is 1. The Morgan fingerprint density at radius 3 is 2.34 bits per heavy atom. The summed E-state index contributed by atoms with van der Waals surface area (Å²) in [5.74, 6) is -0.0693. The molecule has 29 heavy (non-hydrogen) atoms. The maximum Gasteiger partial charge on any atom is 0.238 e. The van der Waals surface area contributed by atoms with Gasteiger partial charge in [0.25, 0.3) is 0 Å². The number of aromatic nitrogens is 1. The molecule has 4 rings (SSSR count). The van der Waals surface area contributed by atoms with Crippen LogP contribution in [-0.2, 0) is 10.0 Å². The van der Waals surface area contributed by atoms with Crippen molar-refractivity contribution in [3.05, 3.63) is 77.2 Å². The van der Waals surface area contributed by atoms with Gasteiger partial charge in [0.1, 0.15) is 10.7 Å². The third kappa shape index (κ3) is 3.97. The number of nitrogens with two attached hydrogens (primary N) is 2. The van der Waals surface area contributed by atoms with Gasteiger partial charge in [-0.2, -0.15) is 0 Å². The van der Waals surface area contributed by atoms with Gasteiger partial charge in [-0.25, -0.2) is 18.5 Å². The summed E-state index contributed by atoms with van der Waals surface area (Å²) < 4.78 is 22.7. The highest BCUT2D eigenvalue weighted by molar-refractivity contribution is 7.89. The Bertz CT molecular complexity index is 1330. The number of carbonyl (C=O) groups excluding carboxylic acids is 1. The molecule has 0 aliphatic rings. The van der Waals surface area contributed by atoms with Crippen LogP contribution in [0.2, 0.25) is 0 Å². The SMILES string of the molecule is Nc1nc(Nc2ccc(S(N)(=O)=O)cc2)sc1C(=O)c1ccc2ccccc2c1. The van der Waals surface area contributed by atoms with Crippen LogP contribution < -0.4 is 16.2 Å². The highest BCUT2D eigenvalue weighted by Crippen LogP contribution is 2.30. The van der Waals surface area contributed by atoms with Crippen molar-refractivity contribution in [2.45, 2.75) is 4.90 Å². The number of anilines is 3. The third-order valence-corrected chi connectivity index (χ3v) is 6.22. The third-order valence-electron chi connectivity index (χ3n) is 4.31. The fourth-order valence-corrected chi connectivity index (χ4v) is 4.24. The minimum absolute atomic E-state index is 0.00822. The molecule has 0 saturated heterocycles.